The van der Waals surface area contributed by atoms with E-state index in [0.717, 1.165) is 54.1 Å². The number of hydrogen-bond donors (Lipinski definition) is 2. The molecule has 5 rings (SSSR count). The average molecular weight is 427 g/mol. The van der Waals surface area contributed by atoms with E-state index in [1.54, 1.807) is 18.5 Å². The van der Waals surface area contributed by atoms with Crippen LogP contribution in [-0.2, 0) is 4.74 Å². The van der Waals surface area contributed by atoms with Gasteiger partial charge in [-0.2, -0.15) is 0 Å². The molecule has 5 heterocycles. The number of fused-ring (bicyclic) bond motifs is 1. The first-order valence-electron chi connectivity index (χ1n) is 10.6. The van der Waals surface area contributed by atoms with Gasteiger partial charge in [0.1, 0.15) is 11.6 Å². The number of aryl methyl sites for hydroxylation is 1. The lowest BCUT2D eigenvalue weighted by molar-refractivity contribution is 0.0845. The van der Waals surface area contributed by atoms with Crippen molar-refractivity contribution in [2.24, 2.45) is 0 Å². The van der Waals surface area contributed by atoms with E-state index in [9.17, 15) is 4.79 Å². The number of rotatable bonds is 4. The standard InChI is InChI=1S/C24H23N6O2/c1-14-10-17(12-28-22(14)25)20-11-16-4-7-26-24(31)21(16)23(30-20)29-18-2-3-19(27-13-18)15-5-8-32-9-6-15/h2-4,7,10-13,15H,5-6,8-9H2,1H3,(H2,25,28)(H,29,30). The third kappa shape index (κ3) is 3.92. The maximum atomic E-state index is 12.5. The number of nitrogens with zero attached hydrogens (tertiary/aromatic N) is 4. The Morgan fingerprint density at radius 1 is 1.12 bits per heavy atom. The molecule has 0 bridgehead atoms. The van der Waals surface area contributed by atoms with Crippen molar-refractivity contribution in [1.82, 2.24) is 20.3 Å². The molecule has 0 atom stereocenters. The number of carbonyl (C=O) groups is 1. The van der Waals surface area contributed by atoms with E-state index in [0.29, 0.717) is 28.8 Å². The highest BCUT2D eigenvalue weighted by atomic mass is 16.5. The number of aromatic nitrogens is 3. The molecule has 0 unspecified atom stereocenters. The Balaban J connectivity index is 1.50. The number of amides is 1. The highest BCUT2D eigenvalue weighted by molar-refractivity contribution is 6.05. The predicted octanol–water partition coefficient (Wildman–Crippen LogP) is 3.80. The first-order valence-corrected chi connectivity index (χ1v) is 10.6. The summed E-state index contributed by atoms with van der Waals surface area (Å²) in [5.41, 5.74) is 11.2. The molecule has 2 aliphatic rings. The molecule has 1 amide bonds. The Morgan fingerprint density at radius 3 is 2.72 bits per heavy atom. The van der Waals surface area contributed by atoms with Crippen LogP contribution in [0.15, 0.2) is 42.9 Å². The van der Waals surface area contributed by atoms with E-state index in [1.165, 1.54) is 6.20 Å². The molecule has 3 aromatic heterocycles. The quantitative estimate of drug-likeness (QED) is 0.650. The van der Waals surface area contributed by atoms with Gasteiger partial charge in [0.25, 0.3) is 5.91 Å². The summed E-state index contributed by atoms with van der Waals surface area (Å²) in [6.07, 6.45) is 8.74. The third-order valence-corrected chi connectivity index (χ3v) is 5.81. The topological polar surface area (TPSA) is 117 Å². The Bertz CT molecular complexity index is 1200. The zero-order valence-electron chi connectivity index (χ0n) is 17.7. The molecule has 0 aliphatic carbocycles. The summed E-state index contributed by atoms with van der Waals surface area (Å²) in [5, 5.41) is 7.19. The molecule has 2 aliphatic heterocycles. The van der Waals surface area contributed by atoms with E-state index in [2.05, 4.69) is 20.6 Å². The van der Waals surface area contributed by atoms with E-state index in [4.69, 9.17) is 15.5 Å². The van der Waals surface area contributed by atoms with Crippen molar-refractivity contribution in [2.45, 2.75) is 25.7 Å². The van der Waals surface area contributed by atoms with Gasteiger partial charge < -0.3 is 15.8 Å². The number of nitrogens with two attached hydrogens (primary N) is 1. The normalized spacial score (nSPS) is 15.8. The van der Waals surface area contributed by atoms with Crippen LogP contribution >= 0.6 is 0 Å². The number of nitrogen functional groups attached to an aromatic ring is 1. The molecule has 0 aromatic carbocycles. The molecule has 161 valence electrons. The molecule has 8 nitrogen and oxygen atoms in total. The minimum absolute atomic E-state index is 0.331. The highest BCUT2D eigenvalue weighted by Crippen LogP contribution is 2.31. The summed E-state index contributed by atoms with van der Waals surface area (Å²) in [4.78, 5) is 26.2. The maximum absolute atomic E-state index is 12.5. The first kappa shape index (κ1) is 20.1. The van der Waals surface area contributed by atoms with Crippen LogP contribution in [0.3, 0.4) is 0 Å². The molecular weight excluding hydrogens is 404 g/mol. The summed E-state index contributed by atoms with van der Waals surface area (Å²) in [5.74, 6) is 1.00. The van der Waals surface area contributed by atoms with Crippen molar-refractivity contribution in [3.8, 4) is 11.3 Å². The van der Waals surface area contributed by atoms with Crippen LogP contribution in [0.5, 0.6) is 0 Å². The van der Waals surface area contributed by atoms with Gasteiger partial charge in [-0.3, -0.25) is 9.78 Å². The van der Waals surface area contributed by atoms with Crippen molar-refractivity contribution < 1.29 is 9.53 Å². The average Bonchev–Trinajstić information content (AvgIpc) is 2.82. The number of hydrogen-bond acceptors (Lipinski definition) is 7. The van der Waals surface area contributed by atoms with Crippen LogP contribution in [0.4, 0.5) is 17.3 Å². The maximum Gasteiger partial charge on any atom is 0.281 e. The molecule has 0 saturated carbocycles. The molecule has 32 heavy (non-hydrogen) atoms. The minimum Gasteiger partial charge on any atom is -0.383 e. The second-order valence-corrected chi connectivity index (χ2v) is 7.98. The Morgan fingerprint density at radius 2 is 1.97 bits per heavy atom. The van der Waals surface area contributed by atoms with Gasteiger partial charge in [0.15, 0.2) is 0 Å². The summed E-state index contributed by atoms with van der Waals surface area (Å²) in [7, 11) is 0. The largest absolute Gasteiger partial charge is 0.383 e. The van der Waals surface area contributed by atoms with Crippen LogP contribution < -0.4 is 16.4 Å². The SMILES string of the molecule is Cc1cc(-c2cc3c(c(Nc4ccc(C5CCOCC5)nc4)n2)C(=O)[N]C=C3)cnc1N. The highest BCUT2D eigenvalue weighted by Gasteiger charge is 2.23. The van der Waals surface area contributed by atoms with Crippen LogP contribution in [0.1, 0.15) is 45.9 Å². The number of pyridine rings is 3. The van der Waals surface area contributed by atoms with E-state index >= 15 is 0 Å². The van der Waals surface area contributed by atoms with Crippen molar-refractivity contribution in [3.05, 3.63) is 65.2 Å². The zero-order valence-corrected chi connectivity index (χ0v) is 17.7. The van der Waals surface area contributed by atoms with Crippen molar-refractivity contribution in [3.63, 3.8) is 0 Å². The fraction of sp³-hybridized carbons (Fsp3) is 0.250. The second kappa shape index (κ2) is 8.39. The number of nitrogens with one attached hydrogen (secondary N) is 1. The molecule has 3 N–H and O–H groups in total. The molecular formula is C24H23N6O2. The molecule has 0 spiro atoms. The van der Waals surface area contributed by atoms with Crippen LogP contribution in [-0.4, -0.2) is 34.1 Å². The van der Waals surface area contributed by atoms with E-state index in [-0.39, 0.29) is 5.91 Å². The Kier molecular flexibility index (Phi) is 5.28. The predicted molar refractivity (Wildman–Crippen MR) is 122 cm³/mol. The van der Waals surface area contributed by atoms with Gasteiger partial charge in [-0.1, -0.05) is 0 Å². The molecule has 1 fully saturated rings. The second-order valence-electron chi connectivity index (χ2n) is 7.98. The van der Waals surface area contributed by atoms with Gasteiger partial charge in [-0.05, 0) is 61.2 Å². The number of carbonyl (C=O) groups excluding carboxylic acids is 1. The summed E-state index contributed by atoms with van der Waals surface area (Å²) in [6.45, 7) is 3.44. The lowest BCUT2D eigenvalue weighted by Gasteiger charge is -2.21. The fourth-order valence-corrected chi connectivity index (χ4v) is 3.99. The van der Waals surface area contributed by atoms with Crippen molar-refractivity contribution in [1.29, 1.82) is 0 Å². The smallest absolute Gasteiger partial charge is 0.281 e. The zero-order chi connectivity index (χ0) is 22.1. The number of ether oxygens (including phenoxy) is 1. The first-order chi connectivity index (χ1) is 15.6. The molecule has 1 radical (unpaired) electrons. The van der Waals surface area contributed by atoms with Crippen LogP contribution in [0.25, 0.3) is 17.3 Å². The van der Waals surface area contributed by atoms with Gasteiger partial charge >= 0.3 is 0 Å². The lowest BCUT2D eigenvalue weighted by Crippen LogP contribution is -2.18. The third-order valence-electron chi connectivity index (χ3n) is 5.81. The van der Waals surface area contributed by atoms with Gasteiger partial charge in [0.05, 0.1) is 23.1 Å². The van der Waals surface area contributed by atoms with E-state index in [1.807, 2.05) is 31.2 Å². The van der Waals surface area contributed by atoms with Crippen LogP contribution in [0.2, 0.25) is 0 Å². The Labute approximate surface area is 186 Å². The summed E-state index contributed by atoms with van der Waals surface area (Å²) < 4.78 is 5.44. The summed E-state index contributed by atoms with van der Waals surface area (Å²) in [6, 6.07) is 7.79. The van der Waals surface area contributed by atoms with Crippen molar-refractivity contribution in [2.75, 3.05) is 24.3 Å². The molecule has 3 aromatic rings. The summed E-state index contributed by atoms with van der Waals surface area (Å²) >= 11 is 0. The molecule has 8 heteroatoms. The fourth-order valence-electron chi connectivity index (χ4n) is 3.99. The number of anilines is 3. The van der Waals surface area contributed by atoms with Gasteiger partial charge in [-0.15, -0.1) is 0 Å². The minimum atomic E-state index is -0.331. The van der Waals surface area contributed by atoms with E-state index < -0.39 is 0 Å². The Hall–Kier alpha value is -3.78. The monoisotopic (exact) mass is 427 g/mol. The van der Waals surface area contributed by atoms with Gasteiger partial charge in [0, 0.05) is 42.8 Å². The van der Waals surface area contributed by atoms with Crippen LogP contribution in [0, 0.1) is 6.92 Å². The van der Waals surface area contributed by atoms with Crippen molar-refractivity contribution >= 4 is 29.3 Å². The van der Waals surface area contributed by atoms with Gasteiger partial charge in [0.2, 0.25) is 0 Å². The molecule has 1 saturated heterocycles. The lowest BCUT2D eigenvalue weighted by atomic mass is 9.96. The van der Waals surface area contributed by atoms with Gasteiger partial charge in [-0.25, -0.2) is 15.3 Å².